The third-order valence-electron chi connectivity index (χ3n) is 5.80. The summed E-state index contributed by atoms with van der Waals surface area (Å²) in [5, 5.41) is 55.6. The van der Waals surface area contributed by atoms with E-state index in [-0.39, 0.29) is 36.2 Å². The van der Waals surface area contributed by atoms with E-state index in [1.54, 1.807) is 0 Å². The molecule has 0 aromatic carbocycles. The van der Waals surface area contributed by atoms with Crippen LogP contribution in [0.4, 0.5) is 0 Å². The molecule has 1 radical (unpaired) electrons. The zero-order valence-corrected chi connectivity index (χ0v) is 21.5. The van der Waals surface area contributed by atoms with Gasteiger partial charge in [-0.15, -0.1) is 0 Å². The Labute approximate surface area is 209 Å². The molecule has 0 saturated heterocycles. The van der Waals surface area contributed by atoms with Crippen molar-refractivity contribution in [3.05, 3.63) is 0 Å². The molecule has 0 amide bonds. The molecule has 0 aliphatic heterocycles. The third-order valence-corrected chi connectivity index (χ3v) is 5.80. The fraction of sp³-hybridized carbons (Fsp3) is 0.600. The topological polar surface area (TPSA) is 238 Å². The van der Waals surface area contributed by atoms with Crippen LogP contribution in [0.2, 0.25) is 0 Å². The third kappa shape index (κ3) is 3.91. The second-order valence-electron chi connectivity index (χ2n) is 7.77. The Morgan fingerprint density at radius 1 is 0.412 bits per heavy atom. The van der Waals surface area contributed by atoms with E-state index >= 15 is 0 Å². The van der Waals surface area contributed by atoms with Crippen LogP contribution in [-0.4, -0.2) is 99.8 Å². The molecule has 14 heteroatoms. The minimum absolute atomic E-state index is 0. The van der Waals surface area contributed by atoms with E-state index in [0.29, 0.717) is 34.6 Å². The van der Waals surface area contributed by atoms with E-state index in [4.69, 9.17) is 0 Å². The summed E-state index contributed by atoms with van der Waals surface area (Å²) in [4.78, 5) is 98.9. The second kappa shape index (κ2) is 10.3. The van der Waals surface area contributed by atoms with Crippen LogP contribution in [0, 0.1) is 0 Å². The predicted octanol–water partition coefficient (Wildman–Crippen LogP) is -3.67. The normalized spacial score (nSPS) is 18.5. The van der Waals surface area contributed by atoms with Gasteiger partial charge in [-0.05, 0) is 41.5 Å². The standard InChI is InChI=1S/C20H26O13.Au/c1-8(21)15(28)17(30,11(4)24)19(32,13(6)26)20(33,14(7)27)18(31,12(5)25)16(29,9(2)22)10(3)23;/h29-33H,1-7H3;/t17-,18+,19+,20+;/m0./s1. The maximum atomic E-state index is 12.7. The first-order valence-electron chi connectivity index (χ1n) is 9.25. The van der Waals surface area contributed by atoms with Gasteiger partial charge in [0, 0.05) is 29.3 Å². The maximum Gasteiger partial charge on any atom is 0.240 e. The van der Waals surface area contributed by atoms with Gasteiger partial charge in [-0.2, -0.15) is 0 Å². The first kappa shape index (κ1) is 34.1. The van der Waals surface area contributed by atoms with Gasteiger partial charge in [0.2, 0.25) is 33.8 Å². The maximum absolute atomic E-state index is 12.7. The Balaban J connectivity index is 0. The summed E-state index contributed by atoms with van der Waals surface area (Å²) in [6.45, 7) is 2.58. The monoisotopic (exact) mass is 671 g/mol. The summed E-state index contributed by atoms with van der Waals surface area (Å²) in [6, 6.07) is 0. The van der Waals surface area contributed by atoms with Gasteiger partial charge < -0.3 is 25.5 Å². The van der Waals surface area contributed by atoms with Crippen LogP contribution in [0.1, 0.15) is 48.5 Å². The van der Waals surface area contributed by atoms with Crippen LogP contribution < -0.4 is 0 Å². The van der Waals surface area contributed by atoms with Gasteiger partial charge in [0.1, 0.15) is 0 Å². The van der Waals surface area contributed by atoms with Crippen LogP contribution in [0.3, 0.4) is 0 Å². The molecule has 0 fully saturated rings. The molecule has 34 heavy (non-hydrogen) atoms. The van der Waals surface area contributed by atoms with Crippen LogP contribution in [0.5, 0.6) is 0 Å². The van der Waals surface area contributed by atoms with Crippen molar-refractivity contribution < 1.29 is 86.3 Å². The Morgan fingerprint density at radius 3 is 0.824 bits per heavy atom. The quantitative estimate of drug-likeness (QED) is 0.0765. The number of aliphatic hydroxyl groups is 5. The number of Topliss-reactive ketones (excluding diaryl/α,β-unsaturated/α-hetero) is 8. The minimum Gasteiger partial charge on any atom is -0.376 e. The molecule has 5 N–H and O–H groups in total. The molecule has 0 aliphatic rings. The van der Waals surface area contributed by atoms with Crippen LogP contribution in [0.15, 0.2) is 0 Å². The fourth-order valence-corrected chi connectivity index (χ4v) is 3.91. The van der Waals surface area contributed by atoms with Crippen molar-refractivity contribution in [1.29, 1.82) is 0 Å². The molecule has 0 aliphatic carbocycles. The van der Waals surface area contributed by atoms with Gasteiger partial charge in [-0.25, -0.2) is 0 Å². The molecule has 4 atom stereocenters. The number of rotatable bonds is 12. The largest absolute Gasteiger partial charge is 0.376 e. The van der Waals surface area contributed by atoms with Crippen LogP contribution in [-0.2, 0) is 60.7 Å². The van der Waals surface area contributed by atoms with E-state index in [1.165, 1.54) is 0 Å². The molecule has 0 aromatic heterocycles. The minimum atomic E-state index is -4.63. The molecule has 13 nitrogen and oxygen atoms in total. The molecular formula is C20H26AuO13. The molecule has 195 valence electrons. The molecular weight excluding hydrogens is 645 g/mol. The number of carbonyl (C=O) groups excluding carboxylic acids is 8. The van der Waals surface area contributed by atoms with Crippen molar-refractivity contribution in [1.82, 2.24) is 0 Å². The zero-order chi connectivity index (χ0) is 27.1. The summed E-state index contributed by atoms with van der Waals surface area (Å²) in [6.07, 6.45) is 0. The SMILES string of the molecule is CC(=O)C(=O)[C@@](O)(C(C)=O)[C@](O)(C(C)=O)[C@@](O)(C(C)=O)[C@@](O)(C(C)=O)C(O)(C(C)=O)C(C)=O.[Au]. The molecule has 0 bridgehead atoms. The molecule has 0 heterocycles. The fourth-order valence-electron chi connectivity index (χ4n) is 3.91. The van der Waals surface area contributed by atoms with Gasteiger partial charge >= 0.3 is 0 Å². The van der Waals surface area contributed by atoms with Gasteiger partial charge in [-0.3, -0.25) is 38.4 Å². The van der Waals surface area contributed by atoms with E-state index in [9.17, 15) is 63.9 Å². The molecule has 0 spiro atoms. The summed E-state index contributed by atoms with van der Waals surface area (Å²) in [5.41, 5.74) is -22.1. The molecule has 0 unspecified atom stereocenters. The van der Waals surface area contributed by atoms with Gasteiger partial charge in [0.05, 0.1) is 0 Å². The first-order chi connectivity index (χ1) is 14.5. The summed E-state index contributed by atoms with van der Waals surface area (Å²) >= 11 is 0. The Morgan fingerprint density at radius 2 is 0.647 bits per heavy atom. The molecule has 0 saturated carbocycles. The average molecular weight is 671 g/mol. The van der Waals surface area contributed by atoms with E-state index in [0.717, 1.165) is 0 Å². The van der Waals surface area contributed by atoms with E-state index in [2.05, 4.69) is 0 Å². The van der Waals surface area contributed by atoms with Crippen LogP contribution >= 0.6 is 0 Å². The second-order valence-corrected chi connectivity index (χ2v) is 7.77. The van der Waals surface area contributed by atoms with E-state index in [1.807, 2.05) is 0 Å². The van der Waals surface area contributed by atoms with Crippen molar-refractivity contribution >= 4 is 46.3 Å². The summed E-state index contributed by atoms with van der Waals surface area (Å²) < 4.78 is 0. The van der Waals surface area contributed by atoms with Gasteiger partial charge in [0.25, 0.3) is 0 Å². The molecule has 0 rings (SSSR count). The van der Waals surface area contributed by atoms with E-state index < -0.39 is 74.3 Å². The number of carbonyl (C=O) groups is 8. The Hall–Kier alpha value is -2.10. The van der Waals surface area contributed by atoms with Gasteiger partial charge in [-0.1, -0.05) is 0 Å². The number of ketones is 8. The van der Waals surface area contributed by atoms with Crippen molar-refractivity contribution in [2.45, 2.75) is 76.5 Å². The summed E-state index contributed by atoms with van der Waals surface area (Å²) in [5.74, 6) is -15.5. The van der Waals surface area contributed by atoms with Crippen LogP contribution in [0.25, 0.3) is 0 Å². The predicted molar refractivity (Wildman–Crippen MR) is 105 cm³/mol. The average Bonchev–Trinajstić information content (AvgIpc) is 2.68. The van der Waals surface area contributed by atoms with Crippen molar-refractivity contribution in [3.63, 3.8) is 0 Å². The Kier molecular flexibility index (Phi) is 10.3. The number of hydrogen-bond donors (Lipinski definition) is 5. The first-order valence-corrected chi connectivity index (χ1v) is 9.25. The Bertz CT molecular complexity index is 971. The smallest absolute Gasteiger partial charge is 0.240 e. The zero-order valence-electron chi connectivity index (χ0n) is 19.3. The van der Waals surface area contributed by atoms with Crippen molar-refractivity contribution in [2.75, 3.05) is 0 Å². The summed E-state index contributed by atoms with van der Waals surface area (Å²) in [7, 11) is 0. The molecule has 0 aromatic rings. The van der Waals surface area contributed by atoms with Gasteiger partial charge in [0.15, 0.2) is 40.5 Å². The van der Waals surface area contributed by atoms with Crippen molar-refractivity contribution in [3.8, 4) is 0 Å². The van der Waals surface area contributed by atoms with Crippen molar-refractivity contribution in [2.24, 2.45) is 0 Å². The number of hydrogen-bond acceptors (Lipinski definition) is 13.